The van der Waals surface area contributed by atoms with Gasteiger partial charge in [0.15, 0.2) is 11.6 Å². The summed E-state index contributed by atoms with van der Waals surface area (Å²) in [5, 5.41) is 0. The fraction of sp³-hybridized carbons (Fsp3) is 0.231. The summed E-state index contributed by atoms with van der Waals surface area (Å²) in [5.74, 6) is -2.30. The number of benzene rings is 1. The molecule has 2 rings (SSSR count). The van der Waals surface area contributed by atoms with Gasteiger partial charge in [0.1, 0.15) is 0 Å². The van der Waals surface area contributed by atoms with Crippen LogP contribution in [-0.4, -0.2) is 22.1 Å². The number of ether oxygens (including phenoxy) is 1. The van der Waals surface area contributed by atoms with E-state index in [0.717, 1.165) is 12.1 Å². The largest absolute Gasteiger partial charge is 0.463 e. The first-order valence-electron chi connectivity index (χ1n) is 5.75. The number of allylic oxidation sites excluding steroid dienone is 1. The average molecular weight is 266 g/mol. The van der Waals surface area contributed by atoms with Gasteiger partial charge in [0.05, 0.1) is 24.0 Å². The molecule has 0 N–H and O–H groups in total. The van der Waals surface area contributed by atoms with Gasteiger partial charge in [0.2, 0.25) is 0 Å². The maximum atomic E-state index is 13.1. The number of fused-ring (bicyclic) bond motifs is 1. The molecule has 0 fully saturated rings. The van der Waals surface area contributed by atoms with Crippen LogP contribution < -0.4 is 0 Å². The zero-order valence-electron chi connectivity index (χ0n) is 10.3. The van der Waals surface area contributed by atoms with Crippen molar-refractivity contribution in [1.82, 2.24) is 9.55 Å². The smallest absolute Gasteiger partial charge is 0.330 e. The van der Waals surface area contributed by atoms with Crippen LogP contribution in [0.4, 0.5) is 8.78 Å². The van der Waals surface area contributed by atoms with Gasteiger partial charge in [0, 0.05) is 24.8 Å². The Labute approximate surface area is 108 Å². The number of rotatable bonds is 4. The molecule has 0 unspecified atom stereocenters. The number of hydrogen-bond donors (Lipinski definition) is 0. The van der Waals surface area contributed by atoms with Gasteiger partial charge in [-0.1, -0.05) is 6.08 Å². The minimum absolute atomic E-state index is 0.307. The molecule has 0 spiro atoms. The molecule has 0 aliphatic carbocycles. The van der Waals surface area contributed by atoms with Gasteiger partial charge in [0.25, 0.3) is 0 Å². The lowest BCUT2D eigenvalue weighted by atomic mass is 10.3. The van der Waals surface area contributed by atoms with Gasteiger partial charge >= 0.3 is 5.97 Å². The molecule has 4 nitrogen and oxygen atoms in total. The summed E-state index contributed by atoms with van der Waals surface area (Å²) in [6, 6.07) is 2.12. The topological polar surface area (TPSA) is 44.1 Å². The van der Waals surface area contributed by atoms with Gasteiger partial charge in [-0.3, -0.25) is 0 Å². The third kappa shape index (κ3) is 2.96. The van der Waals surface area contributed by atoms with Crippen molar-refractivity contribution in [3.8, 4) is 0 Å². The summed E-state index contributed by atoms with van der Waals surface area (Å²) in [7, 11) is 0. The highest BCUT2D eigenvalue weighted by atomic mass is 19.2. The standard InChI is InChI=1S/C13H12F2N2O2/c1-2-19-13(18)4-3-5-17-8-16-11-6-9(14)10(15)7-12(11)17/h3-4,6-8H,2,5H2,1H3/b4-3+. The van der Waals surface area contributed by atoms with Crippen molar-refractivity contribution in [3.63, 3.8) is 0 Å². The van der Waals surface area contributed by atoms with Crippen molar-refractivity contribution in [3.05, 3.63) is 42.2 Å². The molecule has 1 heterocycles. The zero-order chi connectivity index (χ0) is 13.8. The second-order valence-corrected chi connectivity index (χ2v) is 3.81. The monoisotopic (exact) mass is 266 g/mol. The molecular formula is C13H12F2N2O2. The van der Waals surface area contributed by atoms with E-state index >= 15 is 0 Å². The Morgan fingerprint density at radius 3 is 2.89 bits per heavy atom. The summed E-state index contributed by atoms with van der Waals surface area (Å²) < 4.78 is 32.5. The minimum Gasteiger partial charge on any atom is -0.463 e. The first kappa shape index (κ1) is 13.2. The molecular weight excluding hydrogens is 254 g/mol. The summed E-state index contributed by atoms with van der Waals surface area (Å²) in [6.45, 7) is 2.34. The highest BCUT2D eigenvalue weighted by molar-refractivity contribution is 5.82. The van der Waals surface area contributed by atoms with Crippen molar-refractivity contribution in [1.29, 1.82) is 0 Å². The van der Waals surface area contributed by atoms with Gasteiger partial charge in [-0.15, -0.1) is 0 Å². The first-order chi connectivity index (χ1) is 9.11. The fourth-order valence-corrected chi connectivity index (χ4v) is 1.65. The lowest BCUT2D eigenvalue weighted by molar-refractivity contribution is -0.137. The van der Waals surface area contributed by atoms with E-state index in [1.54, 1.807) is 17.6 Å². The summed E-state index contributed by atoms with van der Waals surface area (Å²) in [5.41, 5.74) is 0.829. The summed E-state index contributed by atoms with van der Waals surface area (Å²) in [4.78, 5) is 15.1. The molecule has 0 aliphatic heterocycles. The van der Waals surface area contributed by atoms with E-state index < -0.39 is 17.6 Å². The molecule has 0 atom stereocenters. The number of imidazole rings is 1. The second-order valence-electron chi connectivity index (χ2n) is 3.81. The Morgan fingerprint density at radius 1 is 1.42 bits per heavy atom. The van der Waals surface area contributed by atoms with E-state index in [2.05, 4.69) is 4.98 Å². The molecule has 0 saturated heterocycles. The Morgan fingerprint density at radius 2 is 2.16 bits per heavy atom. The third-order valence-corrected chi connectivity index (χ3v) is 2.51. The maximum Gasteiger partial charge on any atom is 0.330 e. The van der Waals surface area contributed by atoms with Crippen LogP contribution in [-0.2, 0) is 16.1 Å². The van der Waals surface area contributed by atoms with E-state index in [4.69, 9.17) is 4.74 Å². The lowest BCUT2D eigenvalue weighted by Crippen LogP contribution is -2.00. The average Bonchev–Trinajstić information content (AvgIpc) is 2.73. The Bertz CT molecular complexity index is 635. The SMILES string of the molecule is CCOC(=O)/C=C/Cn1cnc2cc(F)c(F)cc21. The molecule has 2 aromatic rings. The van der Waals surface area contributed by atoms with Crippen molar-refractivity contribution in [2.75, 3.05) is 6.61 Å². The number of esters is 1. The van der Waals surface area contributed by atoms with Gasteiger partial charge in [-0.2, -0.15) is 0 Å². The molecule has 0 saturated carbocycles. The predicted molar refractivity (Wildman–Crippen MR) is 65.4 cm³/mol. The number of halogens is 2. The quantitative estimate of drug-likeness (QED) is 0.630. The maximum absolute atomic E-state index is 13.1. The number of carbonyl (C=O) groups is 1. The highest BCUT2D eigenvalue weighted by Crippen LogP contribution is 2.17. The van der Waals surface area contributed by atoms with Crippen LogP contribution in [0.15, 0.2) is 30.6 Å². The molecule has 0 bridgehead atoms. The van der Waals surface area contributed by atoms with E-state index in [1.165, 1.54) is 12.4 Å². The Hall–Kier alpha value is -2.24. The molecule has 6 heteroatoms. The molecule has 100 valence electrons. The number of aromatic nitrogens is 2. The molecule has 0 aliphatic rings. The van der Waals surface area contributed by atoms with Crippen LogP contribution in [0.3, 0.4) is 0 Å². The zero-order valence-corrected chi connectivity index (χ0v) is 10.3. The molecule has 0 radical (unpaired) electrons. The van der Waals surface area contributed by atoms with Crippen LogP contribution in [0.5, 0.6) is 0 Å². The number of carbonyl (C=O) groups excluding carboxylic acids is 1. The second kappa shape index (κ2) is 5.60. The van der Waals surface area contributed by atoms with Crippen LogP contribution in [0.1, 0.15) is 6.92 Å². The molecule has 0 amide bonds. The first-order valence-corrected chi connectivity index (χ1v) is 5.75. The molecule has 1 aromatic carbocycles. The number of hydrogen-bond acceptors (Lipinski definition) is 3. The van der Waals surface area contributed by atoms with E-state index in [-0.39, 0.29) is 0 Å². The molecule has 1 aromatic heterocycles. The minimum atomic E-state index is -0.931. The van der Waals surface area contributed by atoms with Crippen molar-refractivity contribution < 1.29 is 18.3 Å². The lowest BCUT2D eigenvalue weighted by Gasteiger charge is -2.00. The van der Waals surface area contributed by atoms with E-state index in [9.17, 15) is 13.6 Å². The van der Waals surface area contributed by atoms with Crippen molar-refractivity contribution >= 4 is 17.0 Å². The Kier molecular flexibility index (Phi) is 3.89. The summed E-state index contributed by atoms with van der Waals surface area (Å²) in [6.07, 6.45) is 4.31. The van der Waals surface area contributed by atoms with Crippen molar-refractivity contribution in [2.24, 2.45) is 0 Å². The Balaban J connectivity index is 2.17. The molecule has 19 heavy (non-hydrogen) atoms. The van der Waals surface area contributed by atoms with Crippen LogP contribution in [0.25, 0.3) is 11.0 Å². The predicted octanol–water partition coefficient (Wildman–Crippen LogP) is 2.43. The van der Waals surface area contributed by atoms with Crippen LogP contribution >= 0.6 is 0 Å². The van der Waals surface area contributed by atoms with Crippen molar-refractivity contribution in [2.45, 2.75) is 13.5 Å². The van der Waals surface area contributed by atoms with Gasteiger partial charge in [-0.05, 0) is 6.92 Å². The van der Waals surface area contributed by atoms with Crippen LogP contribution in [0, 0.1) is 11.6 Å². The van der Waals surface area contributed by atoms with Crippen LogP contribution in [0.2, 0.25) is 0 Å². The summed E-state index contributed by atoms with van der Waals surface area (Å²) >= 11 is 0. The highest BCUT2D eigenvalue weighted by Gasteiger charge is 2.08. The van der Waals surface area contributed by atoms with Gasteiger partial charge in [-0.25, -0.2) is 18.6 Å². The van der Waals surface area contributed by atoms with Gasteiger partial charge < -0.3 is 9.30 Å². The normalized spacial score (nSPS) is 11.3. The number of nitrogens with zero attached hydrogens (tertiary/aromatic N) is 2. The fourth-order valence-electron chi connectivity index (χ4n) is 1.65. The van der Waals surface area contributed by atoms with E-state index in [0.29, 0.717) is 24.2 Å². The third-order valence-electron chi connectivity index (χ3n) is 2.51. The van der Waals surface area contributed by atoms with E-state index in [1.807, 2.05) is 0 Å².